The molecule has 0 aromatic heterocycles. The summed E-state index contributed by atoms with van der Waals surface area (Å²) < 4.78 is 0. The van der Waals surface area contributed by atoms with Crippen molar-refractivity contribution in [2.75, 3.05) is 0 Å². The number of rotatable bonds is 3. The van der Waals surface area contributed by atoms with E-state index in [1.165, 1.54) is 0 Å². The Balaban J connectivity index is 3.60. The van der Waals surface area contributed by atoms with Crippen LogP contribution in [0.25, 0.3) is 0 Å². The summed E-state index contributed by atoms with van der Waals surface area (Å²) in [7, 11) is 0. The lowest BCUT2D eigenvalue weighted by Crippen LogP contribution is -2.23. The molecule has 2 atom stereocenters. The fourth-order valence-corrected chi connectivity index (χ4v) is 0.372. The van der Waals surface area contributed by atoms with Crippen LogP contribution >= 0.6 is 0 Å². The minimum Gasteiger partial charge on any atom is -0.324 e. The van der Waals surface area contributed by atoms with Gasteiger partial charge in [-0.25, -0.2) is 0 Å². The van der Waals surface area contributed by atoms with Crippen molar-refractivity contribution >= 4 is 0 Å². The fourth-order valence-electron chi connectivity index (χ4n) is 0.372. The highest BCUT2D eigenvalue weighted by molar-refractivity contribution is 4.93. The van der Waals surface area contributed by atoms with Gasteiger partial charge in [-0.1, -0.05) is 19.1 Å². The van der Waals surface area contributed by atoms with E-state index in [9.17, 15) is 0 Å². The zero-order valence-electron chi connectivity index (χ0n) is 5.30. The van der Waals surface area contributed by atoms with Crippen molar-refractivity contribution in [2.45, 2.75) is 13.0 Å². The van der Waals surface area contributed by atoms with Crippen molar-refractivity contribution in [2.24, 2.45) is 11.7 Å². The van der Waals surface area contributed by atoms with E-state index in [0.717, 1.165) is 0 Å². The third-order valence-corrected chi connectivity index (χ3v) is 1.25. The van der Waals surface area contributed by atoms with Crippen LogP contribution in [0.5, 0.6) is 0 Å². The van der Waals surface area contributed by atoms with Crippen molar-refractivity contribution in [1.82, 2.24) is 0 Å². The van der Waals surface area contributed by atoms with Gasteiger partial charge < -0.3 is 5.73 Å². The highest BCUT2D eigenvalue weighted by Gasteiger charge is 2.01. The Morgan fingerprint density at radius 3 is 2.00 bits per heavy atom. The monoisotopic (exact) mass is 111 g/mol. The Hall–Kier alpha value is -0.560. The molecule has 0 saturated carbocycles. The largest absolute Gasteiger partial charge is 0.324 e. The molecule has 0 bridgehead atoms. The maximum absolute atomic E-state index is 5.54. The molecule has 2 N–H and O–H groups in total. The van der Waals surface area contributed by atoms with Crippen LogP contribution in [0, 0.1) is 5.92 Å². The van der Waals surface area contributed by atoms with E-state index >= 15 is 0 Å². The third kappa shape index (κ3) is 1.94. The highest BCUT2D eigenvalue weighted by atomic mass is 14.6. The first-order valence-electron chi connectivity index (χ1n) is 2.73. The molecule has 0 aliphatic rings. The van der Waals surface area contributed by atoms with Gasteiger partial charge in [0.1, 0.15) is 0 Å². The average Bonchev–Trinajstić information content (AvgIpc) is 1.84. The molecule has 46 valence electrons. The predicted molar refractivity (Wildman–Crippen MR) is 37.5 cm³/mol. The molecular formula is C7H13N. The Labute approximate surface area is 50.9 Å². The van der Waals surface area contributed by atoms with Crippen molar-refractivity contribution in [3.63, 3.8) is 0 Å². The van der Waals surface area contributed by atoms with Gasteiger partial charge in [0.25, 0.3) is 0 Å². The van der Waals surface area contributed by atoms with E-state index in [0.29, 0.717) is 5.92 Å². The van der Waals surface area contributed by atoms with Crippen molar-refractivity contribution < 1.29 is 0 Å². The minimum absolute atomic E-state index is 0.0625. The van der Waals surface area contributed by atoms with Crippen LogP contribution in [0.15, 0.2) is 25.3 Å². The lowest BCUT2D eigenvalue weighted by molar-refractivity contribution is 0.633. The topological polar surface area (TPSA) is 26.0 Å². The highest BCUT2D eigenvalue weighted by Crippen LogP contribution is 2.00. The molecule has 0 aromatic carbocycles. The van der Waals surface area contributed by atoms with Crippen LogP contribution in [-0.4, -0.2) is 6.04 Å². The average molecular weight is 111 g/mol. The molecule has 0 aliphatic carbocycles. The number of hydrogen-bond donors (Lipinski definition) is 1. The molecule has 0 spiro atoms. The standard InChI is InChI=1S/C7H13N/c1-4-6(3)7(8)5-2/h4-7H,1-2,8H2,3H3. The van der Waals surface area contributed by atoms with E-state index in [-0.39, 0.29) is 6.04 Å². The predicted octanol–water partition coefficient (Wildman–Crippen LogP) is 1.32. The van der Waals surface area contributed by atoms with Crippen molar-refractivity contribution in [3.05, 3.63) is 25.3 Å². The molecule has 0 rings (SSSR count). The summed E-state index contributed by atoms with van der Waals surface area (Å²) in [6, 6.07) is 0.0625. The van der Waals surface area contributed by atoms with Crippen LogP contribution < -0.4 is 5.73 Å². The lowest BCUT2D eigenvalue weighted by atomic mass is 10.0. The summed E-state index contributed by atoms with van der Waals surface area (Å²) >= 11 is 0. The molecule has 1 heteroatoms. The molecule has 0 heterocycles. The normalized spacial score (nSPS) is 16.8. The summed E-state index contributed by atoms with van der Waals surface area (Å²) in [5.41, 5.74) is 5.54. The molecular weight excluding hydrogens is 98.1 g/mol. The van der Waals surface area contributed by atoms with Gasteiger partial charge in [0.05, 0.1) is 0 Å². The first kappa shape index (κ1) is 7.44. The number of nitrogens with two attached hydrogens (primary N) is 1. The van der Waals surface area contributed by atoms with Crippen LogP contribution in [0.2, 0.25) is 0 Å². The molecule has 0 saturated heterocycles. The van der Waals surface area contributed by atoms with Crippen LogP contribution in [-0.2, 0) is 0 Å². The van der Waals surface area contributed by atoms with Gasteiger partial charge >= 0.3 is 0 Å². The maximum atomic E-state index is 5.54. The smallest absolute Gasteiger partial charge is 0.0282 e. The van der Waals surface area contributed by atoms with Gasteiger partial charge in [-0.05, 0) is 5.92 Å². The Morgan fingerprint density at radius 2 is 1.88 bits per heavy atom. The van der Waals surface area contributed by atoms with Crippen molar-refractivity contribution in [1.29, 1.82) is 0 Å². The second-order valence-electron chi connectivity index (χ2n) is 1.91. The Kier molecular flexibility index (Phi) is 3.20. The van der Waals surface area contributed by atoms with Gasteiger partial charge in [0, 0.05) is 6.04 Å². The molecule has 0 aromatic rings. The van der Waals surface area contributed by atoms with Crippen LogP contribution in [0.4, 0.5) is 0 Å². The van der Waals surface area contributed by atoms with E-state index in [1.807, 2.05) is 13.0 Å². The van der Waals surface area contributed by atoms with Gasteiger partial charge in [-0.15, -0.1) is 13.2 Å². The fraction of sp³-hybridized carbons (Fsp3) is 0.429. The molecule has 0 fully saturated rings. The van der Waals surface area contributed by atoms with E-state index in [1.54, 1.807) is 6.08 Å². The summed E-state index contributed by atoms with van der Waals surface area (Å²) in [4.78, 5) is 0. The van der Waals surface area contributed by atoms with Crippen molar-refractivity contribution in [3.8, 4) is 0 Å². The molecule has 1 nitrogen and oxygen atoms in total. The van der Waals surface area contributed by atoms with E-state index in [4.69, 9.17) is 5.73 Å². The van der Waals surface area contributed by atoms with E-state index in [2.05, 4.69) is 13.2 Å². The number of hydrogen-bond acceptors (Lipinski definition) is 1. The van der Waals surface area contributed by atoms with E-state index < -0.39 is 0 Å². The Morgan fingerprint density at radius 1 is 1.38 bits per heavy atom. The third-order valence-electron chi connectivity index (χ3n) is 1.25. The SMILES string of the molecule is C=CC(C)C(N)C=C. The van der Waals surface area contributed by atoms with Crippen LogP contribution in [0.3, 0.4) is 0 Å². The molecule has 8 heavy (non-hydrogen) atoms. The first-order chi connectivity index (χ1) is 3.72. The molecule has 0 aliphatic heterocycles. The summed E-state index contributed by atoms with van der Waals surface area (Å²) in [6.07, 6.45) is 3.55. The second kappa shape index (κ2) is 3.44. The summed E-state index contributed by atoms with van der Waals surface area (Å²) in [6.45, 7) is 9.17. The van der Waals surface area contributed by atoms with Gasteiger partial charge in [-0.3, -0.25) is 0 Å². The zero-order valence-corrected chi connectivity index (χ0v) is 5.30. The first-order valence-corrected chi connectivity index (χ1v) is 2.73. The second-order valence-corrected chi connectivity index (χ2v) is 1.91. The summed E-state index contributed by atoms with van der Waals surface area (Å²) in [5.74, 6) is 0.340. The molecule has 0 amide bonds. The Bertz CT molecular complexity index is 74.4. The van der Waals surface area contributed by atoms with Gasteiger partial charge in [0.2, 0.25) is 0 Å². The van der Waals surface area contributed by atoms with Gasteiger partial charge in [0.15, 0.2) is 0 Å². The lowest BCUT2D eigenvalue weighted by Gasteiger charge is -2.09. The van der Waals surface area contributed by atoms with Gasteiger partial charge in [-0.2, -0.15) is 0 Å². The minimum atomic E-state index is 0.0625. The zero-order chi connectivity index (χ0) is 6.57. The molecule has 0 radical (unpaired) electrons. The summed E-state index contributed by atoms with van der Waals surface area (Å²) in [5, 5.41) is 0. The molecule has 2 unspecified atom stereocenters. The quantitative estimate of drug-likeness (QED) is 0.546. The maximum Gasteiger partial charge on any atom is 0.0282 e. The van der Waals surface area contributed by atoms with Crippen LogP contribution in [0.1, 0.15) is 6.92 Å².